The number of halogens is 1. The zero-order valence-electron chi connectivity index (χ0n) is 10.9. The fraction of sp³-hybridized carbons (Fsp3) is 0.533. The second-order valence-electron chi connectivity index (χ2n) is 5.56. The van der Waals surface area contributed by atoms with Crippen LogP contribution in [0.2, 0.25) is 0 Å². The van der Waals surface area contributed by atoms with Gasteiger partial charge in [-0.2, -0.15) is 0 Å². The van der Waals surface area contributed by atoms with Crippen LogP contribution < -0.4 is 0 Å². The van der Waals surface area contributed by atoms with E-state index in [0.29, 0.717) is 5.56 Å². The molecule has 0 radical (unpaired) electrons. The summed E-state index contributed by atoms with van der Waals surface area (Å²) in [5.41, 5.74) is 1.03. The summed E-state index contributed by atoms with van der Waals surface area (Å²) in [7, 11) is 1.37. The standard InChI is InChI=1S/C15H17FO3/c1-19-14(18)10-6-8-15(10)7-2-3-9-4-5-11(17)13(16)12(9)15/h4-5,10,17H,2-3,6-8H2,1H3. The van der Waals surface area contributed by atoms with Gasteiger partial charge in [0.2, 0.25) is 0 Å². The van der Waals surface area contributed by atoms with Crippen molar-refractivity contribution in [1.82, 2.24) is 0 Å². The molecule has 2 aliphatic rings. The number of methoxy groups -OCH3 is 1. The van der Waals surface area contributed by atoms with Gasteiger partial charge in [-0.05, 0) is 43.7 Å². The Bertz CT molecular complexity index is 540. The van der Waals surface area contributed by atoms with Gasteiger partial charge in [0.1, 0.15) is 0 Å². The van der Waals surface area contributed by atoms with E-state index >= 15 is 0 Å². The molecule has 0 aromatic heterocycles. The van der Waals surface area contributed by atoms with E-state index in [1.807, 2.05) is 0 Å². The summed E-state index contributed by atoms with van der Waals surface area (Å²) < 4.78 is 19.2. The maximum Gasteiger partial charge on any atom is 0.309 e. The number of rotatable bonds is 1. The summed E-state index contributed by atoms with van der Waals surface area (Å²) >= 11 is 0. The number of carbonyl (C=O) groups excluding carboxylic acids is 1. The molecule has 0 aliphatic heterocycles. The van der Waals surface area contributed by atoms with Crippen molar-refractivity contribution in [3.8, 4) is 5.75 Å². The van der Waals surface area contributed by atoms with E-state index in [0.717, 1.165) is 37.7 Å². The first kappa shape index (κ1) is 12.5. The molecule has 0 bridgehead atoms. The molecule has 4 heteroatoms. The number of carbonyl (C=O) groups is 1. The Morgan fingerprint density at radius 3 is 2.89 bits per heavy atom. The third-order valence-corrected chi connectivity index (χ3v) is 4.81. The number of fused-ring (bicyclic) bond motifs is 2. The average molecular weight is 264 g/mol. The molecule has 1 spiro atoms. The zero-order chi connectivity index (χ0) is 13.6. The molecule has 3 nitrogen and oxygen atoms in total. The summed E-state index contributed by atoms with van der Waals surface area (Å²) in [5.74, 6) is -1.41. The highest BCUT2D eigenvalue weighted by atomic mass is 19.1. The predicted molar refractivity (Wildman–Crippen MR) is 67.4 cm³/mol. The lowest BCUT2D eigenvalue weighted by Crippen LogP contribution is -2.51. The molecule has 19 heavy (non-hydrogen) atoms. The molecule has 2 atom stereocenters. The number of phenolic OH excluding ortho intramolecular Hbond substituents is 1. The number of hydrogen-bond donors (Lipinski definition) is 1. The average Bonchev–Trinajstić information content (AvgIpc) is 2.41. The van der Waals surface area contributed by atoms with E-state index in [-0.39, 0.29) is 17.6 Å². The van der Waals surface area contributed by atoms with E-state index in [1.165, 1.54) is 13.2 Å². The Balaban J connectivity index is 2.12. The minimum atomic E-state index is -0.550. The lowest BCUT2D eigenvalue weighted by Gasteiger charge is -2.51. The number of benzene rings is 1. The van der Waals surface area contributed by atoms with Crippen LogP contribution in [0.5, 0.6) is 5.75 Å². The van der Waals surface area contributed by atoms with Gasteiger partial charge in [0.15, 0.2) is 11.6 Å². The van der Waals surface area contributed by atoms with Crippen LogP contribution in [-0.4, -0.2) is 18.2 Å². The van der Waals surface area contributed by atoms with E-state index in [1.54, 1.807) is 6.07 Å². The Hall–Kier alpha value is -1.58. The molecule has 1 aromatic carbocycles. The van der Waals surface area contributed by atoms with Crippen molar-refractivity contribution in [3.63, 3.8) is 0 Å². The molecule has 1 N–H and O–H groups in total. The van der Waals surface area contributed by atoms with Crippen LogP contribution in [0.3, 0.4) is 0 Å². The van der Waals surface area contributed by atoms with Crippen molar-refractivity contribution in [1.29, 1.82) is 0 Å². The number of hydrogen-bond acceptors (Lipinski definition) is 3. The Morgan fingerprint density at radius 1 is 1.47 bits per heavy atom. The molecule has 2 unspecified atom stereocenters. The van der Waals surface area contributed by atoms with Crippen LogP contribution >= 0.6 is 0 Å². The fourth-order valence-corrected chi connectivity index (χ4v) is 3.79. The summed E-state index contributed by atoms with van der Waals surface area (Å²) in [6, 6.07) is 3.18. The highest BCUT2D eigenvalue weighted by Crippen LogP contribution is 2.56. The SMILES string of the molecule is COC(=O)C1CCC12CCCc1ccc(O)c(F)c12. The van der Waals surface area contributed by atoms with E-state index in [9.17, 15) is 14.3 Å². The van der Waals surface area contributed by atoms with Gasteiger partial charge in [-0.1, -0.05) is 6.07 Å². The van der Waals surface area contributed by atoms with Crippen molar-refractivity contribution in [3.05, 3.63) is 29.1 Å². The number of esters is 1. The summed E-state index contributed by atoms with van der Waals surface area (Å²) in [6.07, 6.45) is 4.08. The fourth-order valence-electron chi connectivity index (χ4n) is 3.79. The molecule has 0 heterocycles. The van der Waals surface area contributed by atoms with E-state index in [2.05, 4.69) is 0 Å². The third kappa shape index (κ3) is 1.58. The molecule has 3 rings (SSSR count). The van der Waals surface area contributed by atoms with Crippen molar-refractivity contribution >= 4 is 5.97 Å². The Morgan fingerprint density at radius 2 is 2.26 bits per heavy atom. The smallest absolute Gasteiger partial charge is 0.309 e. The molecule has 0 amide bonds. The lowest BCUT2D eigenvalue weighted by atomic mass is 9.52. The van der Waals surface area contributed by atoms with Gasteiger partial charge in [0.25, 0.3) is 0 Å². The summed E-state index contributed by atoms with van der Waals surface area (Å²) in [4.78, 5) is 11.9. The van der Waals surface area contributed by atoms with Crippen molar-refractivity contribution in [2.45, 2.75) is 37.5 Å². The minimum absolute atomic E-state index is 0.262. The van der Waals surface area contributed by atoms with Crippen LogP contribution in [0.15, 0.2) is 12.1 Å². The highest BCUT2D eigenvalue weighted by Gasteiger charge is 2.55. The summed E-state index contributed by atoms with van der Waals surface area (Å²) in [5, 5.41) is 9.62. The number of aryl methyl sites for hydroxylation is 1. The molecule has 0 saturated heterocycles. The molecular formula is C15H17FO3. The van der Waals surface area contributed by atoms with Crippen LogP contribution in [0, 0.1) is 11.7 Å². The summed E-state index contributed by atoms with van der Waals surface area (Å²) in [6.45, 7) is 0. The van der Waals surface area contributed by atoms with Gasteiger partial charge >= 0.3 is 5.97 Å². The van der Waals surface area contributed by atoms with Crippen LogP contribution in [0.25, 0.3) is 0 Å². The molecular weight excluding hydrogens is 247 g/mol. The first-order valence-corrected chi connectivity index (χ1v) is 6.69. The Kier molecular flexibility index (Phi) is 2.77. The van der Waals surface area contributed by atoms with Gasteiger partial charge in [0.05, 0.1) is 13.0 Å². The van der Waals surface area contributed by atoms with Gasteiger partial charge in [-0.25, -0.2) is 4.39 Å². The molecule has 2 aliphatic carbocycles. The molecule has 1 fully saturated rings. The second kappa shape index (κ2) is 4.22. The van der Waals surface area contributed by atoms with Gasteiger partial charge in [0, 0.05) is 11.0 Å². The maximum atomic E-state index is 14.3. The van der Waals surface area contributed by atoms with Crippen LogP contribution in [-0.2, 0) is 21.4 Å². The highest BCUT2D eigenvalue weighted by molar-refractivity contribution is 5.76. The largest absolute Gasteiger partial charge is 0.505 e. The zero-order valence-corrected chi connectivity index (χ0v) is 10.9. The van der Waals surface area contributed by atoms with Crippen LogP contribution in [0.1, 0.15) is 36.8 Å². The number of ether oxygens (including phenoxy) is 1. The minimum Gasteiger partial charge on any atom is -0.505 e. The van der Waals surface area contributed by atoms with Gasteiger partial charge in [-0.15, -0.1) is 0 Å². The second-order valence-corrected chi connectivity index (χ2v) is 5.56. The first-order valence-electron chi connectivity index (χ1n) is 6.69. The number of aromatic hydroxyl groups is 1. The predicted octanol–water partition coefficient (Wildman–Crippen LogP) is 2.69. The molecule has 102 valence electrons. The lowest BCUT2D eigenvalue weighted by molar-refractivity contribution is -0.154. The molecule has 1 aromatic rings. The quantitative estimate of drug-likeness (QED) is 0.793. The van der Waals surface area contributed by atoms with Gasteiger partial charge < -0.3 is 9.84 Å². The topological polar surface area (TPSA) is 46.5 Å². The first-order chi connectivity index (χ1) is 9.10. The van der Waals surface area contributed by atoms with Gasteiger partial charge in [-0.3, -0.25) is 4.79 Å². The van der Waals surface area contributed by atoms with Crippen molar-refractivity contribution in [2.24, 2.45) is 5.92 Å². The monoisotopic (exact) mass is 264 g/mol. The van der Waals surface area contributed by atoms with Crippen LogP contribution in [0.4, 0.5) is 4.39 Å². The number of phenols is 1. The third-order valence-electron chi connectivity index (χ3n) is 4.81. The molecule has 1 saturated carbocycles. The van der Waals surface area contributed by atoms with E-state index < -0.39 is 11.2 Å². The van der Waals surface area contributed by atoms with E-state index in [4.69, 9.17) is 4.74 Å². The van der Waals surface area contributed by atoms with Crippen molar-refractivity contribution in [2.75, 3.05) is 7.11 Å². The van der Waals surface area contributed by atoms with Crippen molar-refractivity contribution < 1.29 is 19.0 Å². The maximum absolute atomic E-state index is 14.3. The normalized spacial score (nSPS) is 28.6. The Labute approximate surface area is 111 Å².